The highest BCUT2D eigenvalue weighted by Gasteiger charge is 2.38. The molecule has 0 saturated heterocycles. The van der Waals surface area contributed by atoms with Crippen LogP contribution in [0, 0.1) is 0 Å². The molecule has 0 aliphatic carbocycles. The van der Waals surface area contributed by atoms with E-state index in [1.807, 2.05) is 0 Å². The molecule has 2 rings (SSSR count). The lowest BCUT2D eigenvalue weighted by Crippen LogP contribution is -2.20. The second-order valence-electron chi connectivity index (χ2n) is 3.66. The van der Waals surface area contributed by atoms with Crippen LogP contribution in [0.4, 0.5) is 13.2 Å². The molecule has 1 aromatic heterocycles. The number of rotatable bonds is 2. The average Bonchev–Trinajstić information content (AvgIpc) is 2.61. The summed E-state index contributed by atoms with van der Waals surface area (Å²) in [6, 6.07) is 0. The van der Waals surface area contributed by atoms with Crippen LogP contribution in [-0.4, -0.2) is 15.9 Å². The van der Waals surface area contributed by atoms with Crippen molar-refractivity contribution in [3.63, 3.8) is 0 Å². The van der Waals surface area contributed by atoms with Gasteiger partial charge in [0.1, 0.15) is 5.82 Å². The highest BCUT2D eigenvalue weighted by Crippen LogP contribution is 2.33. The smallest absolute Gasteiger partial charge is 0.369 e. The third-order valence-electron chi connectivity index (χ3n) is 2.33. The van der Waals surface area contributed by atoms with Gasteiger partial charge in [0.05, 0.1) is 12.1 Å². The molecule has 8 heteroatoms. The van der Waals surface area contributed by atoms with E-state index in [4.69, 9.17) is 5.73 Å². The predicted octanol–water partition coefficient (Wildman–Crippen LogP) is 0.126. The Kier molecular flexibility index (Phi) is 2.74. The van der Waals surface area contributed by atoms with Gasteiger partial charge in [-0.2, -0.15) is 13.2 Å². The van der Waals surface area contributed by atoms with Crippen molar-refractivity contribution in [2.45, 2.75) is 25.7 Å². The molecular weight excluding hydrogens is 237 g/mol. The predicted molar refractivity (Wildman–Crippen MR) is 50.5 cm³/mol. The largest absolute Gasteiger partial charge is 0.433 e. The fourth-order valence-electron chi connectivity index (χ4n) is 1.69. The zero-order valence-electron chi connectivity index (χ0n) is 8.64. The van der Waals surface area contributed by atoms with Crippen molar-refractivity contribution in [2.75, 3.05) is 0 Å². The van der Waals surface area contributed by atoms with Crippen LogP contribution in [0.5, 0.6) is 0 Å². The summed E-state index contributed by atoms with van der Waals surface area (Å²) in [4.78, 5) is 17.9. The summed E-state index contributed by atoms with van der Waals surface area (Å²) in [6.45, 7) is 0.327. The molecule has 0 atom stereocenters. The van der Waals surface area contributed by atoms with Gasteiger partial charge in [-0.1, -0.05) is 0 Å². The number of fused-ring (bicyclic) bond motifs is 1. The number of nitrogens with zero attached hydrogens (tertiary/aromatic N) is 2. The number of amides is 1. The quantitative estimate of drug-likeness (QED) is 0.777. The Bertz CT molecular complexity index is 472. The van der Waals surface area contributed by atoms with E-state index < -0.39 is 24.2 Å². The van der Waals surface area contributed by atoms with Gasteiger partial charge in [-0.3, -0.25) is 4.79 Å². The molecule has 0 radical (unpaired) electrons. The minimum absolute atomic E-state index is 0.0470. The zero-order valence-corrected chi connectivity index (χ0v) is 8.64. The molecule has 0 fully saturated rings. The monoisotopic (exact) mass is 246 g/mol. The summed E-state index contributed by atoms with van der Waals surface area (Å²) in [5.74, 6) is -0.948. The Morgan fingerprint density at radius 3 is 2.65 bits per heavy atom. The second kappa shape index (κ2) is 3.95. The van der Waals surface area contributed by atoms with E-state index in [9.17, 15) is 18.0 Å². The van der Waals surface area contributed by atoms with Crippen molar-refractivity contribution in [2.24, 2.45) is 5.73 Å². The number of halogens is 3. The SMILES string of the molecule is NC(=O)Cc1nc2c(c(C(F)(F)F)n1)CNC2. The summed E-state index contributed by atoms with van der Waals surface area (Å²) in [5, 5.41) is 2.76. The Morgan fingerprint density at radius 1 is 1.35 bits per heavy atom. The number of primary amides is 1. The summed E-state index contributed by atoms with van der Waals surface area (Å²) in [7, 11) is 0. The lowest BCUT2D eigenvalue weighted by molar-refractivity contribution is -0.142. The first kappa shape index (κ1) is 11.8. The Hall–Kier alpha value is -1.70. The number of alkyl halides is 3. The molecular formula is C9H9F3N4O. The van der Waals surface area contributed by atoms with Crippen molar-refractivity contribution in [1.29, 1.82) is 0 Å². The number of hydrogen-bond donors (Lipinski definition) is 2. The van der Waals surface area contributed by atoms with Crippen LogP contribution in [0.2, 0.25) is 0 Å². The van der Waals surface area contributed by atoms with Gasteiger partial charge in [-0.15, -0.1) is 0 Å². The van der Waals surface area contributed by atoms with Crippen LogP contribution in [0.1, 0.15) is 22.8 Å². The molecule has 5 nitrogen and oxygen atoms in total. The second-order valence-corrected chi connectivity index (χ2v) is 3.66. The first-order valence-corrected chi connectivity index (χ1v) is 4.83. The molecule has 0 unspecified atom stereocenters. The van der Waals surface area contributed by atoms with Crippen LogP contribution in [0.15, 0.2) is 0 Å². The van der Waals surface area contributed by atoms with Crippen molar-refractivity contribution in [1.82, 2.24) is 15.3 Å². The van der Waals surface area contributed by atoms with Gasteiger partial charge in [-0.25, -0.2) is 9.97 Å². The number of carbonyl (C=O) groups excluding carboxylic acids is 1. The van der Waals surface area contributed by atoms with Gasteiger partial charge < -0.3 is 11.1 Å². The van der Waals surface area contributed by atoms with E-state index in [1.165, 1.54) is 0 Å². The number of hydrogen-bond acceptors (Lipinski definition) is 4. The van der Waals surface area contributed by atoms with Crippen molar-refractivity contribution < 1.29 is 18.0 Å². The normalized spacial score (nSPS) is 14.8. The highest BCUT2D eigenvalue weighted by molar-refractivity contribution is 5.75. The minimum atomic E-state index is -4.55. The van der Waals surface area contributed by atoms with E-state index in [-0.39, 0.29) is 30.2 Å². The summed E-state index contributed by atoms with van der Waals surface area (Å²) in [5.41, 5.74) is 4.26. The molecule has 0 bridgehead atoms. The van der Waals surface area contributed by atoms with E-state index in [0.29, 0.717) is 0 Å². The number of nitrogens with two attached hydrogens (primary N) is 1. The number of carbonyl (C=O) groups is 1. The molecule has 17 heavy (non-hydrogen) atoms. The van der Waals surface area contributed by atoms with E-state index in [1.54, 1.807) is 0 Å². The summed E-state index contributed by atoms with van der Waals surface area (Å²) in [6.07, 6.45) is -4.94. The Morgan fingerprint density at radius 2 is 2.06 bits per heavy atom. The molecule has 1 aromatic rings. The number of nitrogens with one attached hydrogen (secondary N) is 1. The lowest BCUT2D eigenvalue weighted by Gasteiger charge is -2.11. The molecule has 0 spiro atoms. The maximum absolute atomic E-state index is 12.7. The summed E-state index contributed by atoms with van der Waals surface area (Å²) >= 11 is 0. The molecule has 1 aliphatic rings. The average molecular weight is 246 g/mol. The van der Waals surface area contributed by atoms with Gasteiger partial charge >= 0.3 is 6.18 Å². The van der Waals surface area contributed by atoms with E-state index >= 15 is 0 Å². The molecule has 0 saturated carbocycles. The fourth-order valence-corrected chi connectivity index (χ4v) is 1.69. The van der Waals surface area contributed by atoms with Crippen LogP contribution in [0.3, 0.4) is 0 Å². The van der Waals surface area contributed by atoms with E-state index in [2.05, 4.69) is 15.3 Å². The zero-order chi connectivity index (χ0) is 12.6. The fraction of sp³-hybridized carbons (Fsp3) is 0.444. The maximum atomic E-state index is 12.7. The highest BCUT2D eigenvalue weighted by atomic mass is 19.4. The molecule has 0 aromatic carbocycles. The van der Waals surface area contributed by atoms with Gasteiger partial charge in [0, 0.05) is 18.7 Å². The number of aromatic nitrogens is 2. The van der Waals surface area contributed by atoms with Gasteiger partial charge in [-0.05, 0) is 0 Å². The van der Waals surface area contributed by atoms with Crippen LogP contribution < -0.4 is 11.1 Å². The topological polar surface area (TPSA) is 80.9 Å². The first-order chi connectivity index (χ1) is 7.88. The van der Waals surface area contributed by atoms with Gasteiger partial charge in [0.25, 0.3) is 0 Å². The molecule has 1 amide bonds. The Labute approximate surface area is 94.2 Å². The van der Waals surface area contributed by atoms with Crippen LogP contribution in [0.25, 0.3) is 0 Å². The third kappa shape index (κ3) is 2.36. The lowest BCUT2D eigenvalue weighted by atomic mass is 10.1. The molecule has 2 heterocycles. The van der Waals surface area contributed by atoms with Crippen LogP contribution >= 0.6 is 0 Å². The van der Waals surface area contributed by atoms with Crippen molar-refractivity contribution >= 4 is 5.91 Å². The summed E-state index contributed by atoms with van der Waals surface area (Å²) < 4.78 is 38.2. The van der Waals surface area contributed by atoms with Crippen molar-refractivity contribution in [3.05, 3.63) is 22.8 Å². The van der Waals surface area contributed by atoms with Gasteiger partial charge in [0.2, 0.25) is 5.91 Å². The molecule has 3 N–H and O–H groups in total. The molecule has 92 valence electrons. The van der Waals surface area contributed by atoms with Crippen molar-refractivity contribution in [3.8, 4) is 0 Å². The minimum Gasteiger partial charge on any atom is -0.369 e. The molecule has 1 aliphatic heterocycles. The van der Waals surface area contributed by atoms with Gasteiger partial charge in [0.15, 0.2) is 5.69 Å². The Balaban J connectivity index is 2.50. The third-order valence-corrected chi connectivity index (χ3v) is 2.33. The maximum Gasteiger partial charge on any atom is 0.433 e. The van der Waals surface area contributed by atoms with Crippen LogP contribution in [-0.2, 0) is 30.5 Å². The first-order valence-electron chi connectivity index (χ1n) is 4.83. The van der Waals surface area contributed by atoms with E-state index in [0.717, 1.165) is 0 Å². The standard InChI is InChI=1S/C9H9F3N4O/c10-9(11,12)8-4-2-14-3-5(4)15-7(16-8)1-6(13)17/h14H,1-3H2,(H2,13,17).